The van der Waals surface area contributed by atoms with Gasteiger partial charge >= 0.3 is 0 Å². The second-order valence-corrected chi connectivity index (χ2v) is 6.43. The molecule has 2 atom stereocenters. The highest BCUT2D eigenvalue weighted by Crippen LogP contribution is 2.23. The molecule has 0 unspecified atom stereocenters. The third-order valence-corrected chi connectivity index (χ3v) is 4.55. The lowest BCUT2D eigenvalue weighted by Gasteiger charge is -2.29. The molecule has 1 rings (SSSR count). The van der Waals surface area contributed by atoms with E-state index in [0.29, 0.717) is 23.0 Å². The lowest BCUT2D eigenvalue weighted by molar-refractivity contribution is -0.140. The molecular formula is C17H24Cl2N2O2. The summed E-state index contributed by atoms with van der Waals surface area (Å²) in [5.74, 6) is -0.232. The summed E-state index contributed by atoms with van der Waals surface area (Å²) in [6.45, 7) is 7.78. The van der Waals surface area contributed by atoms with Gasteiger partial charge in [0.15, 0.2) is 0 Å². The molecule has 0 bridgehead atoms. The molecule has 0 saturated heterocycles. The van der Waals surface area contributed by atoms with E-state index in [4.69, 9.17) is 23.2 Å². The van der Waals surface area contributed by atoms with Gasteiger partial charge in [0.2, 0.25) is 11.8 Å². The average Bonchev–Trinajstić information content (AvgIpc) is 2.54. The van der Waals surface area contributed by atoms with Gasteiger partial charge in [-0.1, -0.05) is 43.1 Å². The van der Waals surface area contributed by atoms with Crippen LogP contribution >= 0.6 is 23.2 Å². The van der Waals surface area contributed by atoms with Crippen molar-refractivity contribution < 1.29 is 9.59 Å². The molecule has 0 aliphatic rings. The van der Waals surface area contributed by atoms with Crippen LogP contribution in [0.3, 0.4) is 0 Å². The number of benzene rings is 1. The molecule has 2 amide bonds. The first-order valence-corrected chi connectivity index (χ1v) is 8.59. The van der Waals surface area contributed by atoms with Crippen molar-refractivity contribution in [3.63, 3.8) is 0 Å². The maximum atomic E-state index is 12.3. The van der Waals surface area contributed by atoms with E-state index in [0.717, 1.165) is 12.0 Å². The normalized spacial score (nSPS) is 13.3. The molecule has 23 heavy (non-hydrogen) atoms. The van der Waals surface area contributed by atoms with Crippen LogP contribution in [0, 0.1) is 0 Å². The highest BCUT2D eigenvalue weighted by atomic mass is 35.5. The van der Waals surface area contributed by atoms with Crippen LogP contribution in [0.15, 0.2) is 18.2 Å². The minimum atomic E-state index is -0.550. The van der Waals surface area contributed by atoms with Crippen molar-refractivity contribution in [2.75, 3.05) is 0 Å². The van der Waals surface area contributed by atoms with Crippen molar-refractivity contribution in [3.05, 3.63) is 33.8 Å². The van der Waals surface area contributed by atoms with Gasteiger partial charge in [-0.3, -0.25) is 9.59 Å². The Morgan fingerprint density at radius 2 is 1.83 bits per heavy atom. The summed E-state index contributed by atoms with van der Waals surface area (Å²) in [4.78, 5) is 26.2. The van der Waals surface area contributed by atoms with Crippen LogP contribution in [-0.4, -0.2) is 28.8 Å². The highest BCUT2D eigenvalue weighted by molar-refractivity contribution is 6.42. The Morgan fingerprint density at radius 3 is 2.35 bits per heavy atom. The van der Waals surface area contributed by atoms with Crippen molar-refractivity contribution in [3.8, 4) is 0 Å². The first kappa shape index (κ1) is 19.8. The fourth-order valence-corrected chi connectivity index (χ4v) is 2.41. The van der Waals surface area contributed by atoms with E-state index in [1.165, 1.54) is 0 Å². The second kappa shape index (κ2) is 9.14. The fraction of sp³-hybridized carbons (Fsp3) is 0.529. The zero-order chi connectivity index (χ0) is 17.6. The van der Waals surface area contributed by atoms with Gasteiger partial charge in [-0.05, 0) is 38.0 Å². The molecule has 0 aromatic heterocycles. The predicted molar refractivity (Wildman–Crippen MR) is 94.7 cm³/mol. The van der Waals surface area contributed by atoms with E-state index >= 15 is 0 Å². The average molecular weight is 359 g/mol. The van der Waals surface area contributed by atoms with E-state index in [2.05, 4.69) is 5.32 Å². The summed E-state index contributed by atoms with van der Waals surface area (Å²) in [5.41, 5.74) is 0.837. The number of halogens is 2. The van der Waals surface area contributed by atoms with Gasteiger partial charge < -0.3 is 10.2 Å². The molecule has 6 heteroatoms. The molecule has 128 valence electrons. The molecule has 4 nitrogen and oxygen atoms in total. The van der Waals surface area contributed by atoms with E-state index < -0.39 is 6.04 Å². The summed E-state index contributed by atoms with van der Waals surface area (Å²) < 4.78 is 0. The quantitative estimate of drug-likeness (QED) is 0.799. The van der Waals surface area contributed by atoms with E-state index in [9.17, 15) is 9.59 Å². The Balaban J connectivity index is 2.93. The van der Waals surface area contributed by atoms with Gasteiger partial charge in [-0.25, -0.2) is 0 Å². The Morgan fingerprint density at radius 1 is 1.17 bits per heavy atom. The van der Waals surface area contributed by atoms with Crippen molar-refractivity contribution >= 4 is 35.0 Å². The Hall–Kier alpha value is -1.26. The maximum Gasteiger partial charge on any atom is 0.242 e. The Labute approximate surface area is 148 Å². The number of carbonyl (C=O) groups is 2. The van der Waals surface area contributed by atoms with Gasteiger partial charge in [0.25, 0.3) is 0 Å². The molecule has 0 heterocycles. The summed E-state index contributed by atoms with van der Waals surface area (Å²) in [7, 11) is 0. The van der Waals surface area contributed by atoms with Crippen LogP contribution in [0.2, 0.25) is 10.0 Å². The van der Waals surface area contributed by atoms with Gasteiger partial charge in [-0.15, -0.1) is 0 Å². The van der Waals surface area contributed by atoms with Crippen molar-refractivity contribution in [2.24, 2.45) is 0 Å². The Kier molecular flexibility index (Phi) is 7.86. The van der Waals surface area contributed by atoms with E-state index in [1.807, 2.05) is 19.9 Å². The molecule has 1 aromatic carbocycles. The van der Waals surface area contributed by atoms with Gasteiger partial charge in [0.05, 0.1) is 10.0 Å². The third-order valence-electron chi connectivity index (χ3n) is 3.81. The minimum Gasteiger partial charge on any atom is -0.352 e. The number of nitrogens with one attached hydrogen (secondary N) is 1. The van der Waals surface area contributed by atoms with E-state index in [-0.39, 0.29) is 17.9 Å². The number of hydrogen-bond acceptors (Lipinski definition) is 2. The van der Waals surface area contributed by atoms with Crippen molar-refractivity contribution in [2.45, 2.75) is 59.2 Å². The molecular weight excluding hydrogens is 335 g/mol. The minimum absolute atomic E-state index is 0.0773. The first-order valence-electron chi connectivity index (χ1n) is 7.83. The fourth-order valence-electron chi connectivity index (χ4n) is 2.09. The molecule has 1 N–H and O–H groups in total. The summed E-state index contributed by atoms with van der Waals surface area (Å²) in [6, 6.07) is 4.75. The van der Waals surface area contributed by atoms with Crippen LogP contribution in [0.4, 0.5) is 0 Å². The van der Waals surface area contributed by atoms with Crippen LogP contribution in [0.25, 0.3) is 0 Å². The number of amides is 2. The second-order valence-electron chi connectivity index (χ2n) is 5.62. The number of nitrogens with zero attached hydrogens (tertiary/aromatic N) is 1. The van der Waals surface area contributed by atoms with Gasteiger partial charge in [0, 0.05) is 19.0 Å². The highest BCUT2D eigenvalue weighted by Gasteiger charge is 2.25. The maximum absolute atomic E-state index is 12.3. The van der Waals surface area contributed by atoms with Gasteiger partial charge in [-0.2, -0.15) is 0 Å². The lowest BCUT2D eigenvalue weighted by Crippen LogP contribution is -2.49. The molecule has 0 saturated carbocycles. The number of hydrogen-bond donors (Lipinski definition) is 1. The van der Waals surface area contributed by atoms with Crippen molar-refractivity contribution in [1.82, 2.24) is 10.2 Å². The predicted octanol–water partition coefficient (Wildman–Crippen LogP) is 4.04. The molecule has 0 spiro atoms. The van der Waals surface area contributed by atoms with Crippen LogP contribution in [0.1, 0.15) is 46.1 Å². The summed E-state index contributed by atoms with van der Waals surface area (Å²) in [5, 5.41) is 3.81. The molecule has 0 aliphatic heterocycles. The molecule has 1 aromatic rings. The summed E-state index contributed by atoms with van der Waals surface area (Å²) in [6.07, 6.45) is 1.18. The smallest absolute Gasteiger partial charge is 0.242 e. The summed E-state index contributed by atoms with van der Waals surface area (Å²) >= 11 is 11.9. The topological polar surface area (TPSA) is 49.4 Å². The largest absolute Gasteiger partial charge is 0.352 e. The first-order chi connectivity index (χ1) is 10.8. The Bertz CT molecular complexity index is 564. The van der Waals surface area contributed by atoms with Crippen LogP contribution in [0.5, 0.6) is 0 Å². The van der Waals surface area contributed by atoms with Crippen LogP contribution in [-0.2, 0) is 16.1 Å². The zero-order valence-electron chi connectivity index (χ0n) is 14.0. The lowest BCUT2D eigenvalue weighted by atomic mass is 10.1. The number of rotatable bonds is 7. The van der Waals surface area contributed by atoms with Gasteiger partial charge in [0.1, 0.15) is 6.04 Å². The monoisotopic (exact) mass is 358 g/mol. The third kappa shape index (κ3) is 5.70. The zero-order valence-corrected chi connectivity index (χ0v) is 15.5. The number of carbonyl (C=O) groups excluding carboxylic acids is 2. The van der Waals surface area contributed by atoms with Crippen LogP contribution < -0.4 is 5.32 Å². The molecule has 0 radical (unpaired) electrons. The SMILES string of the molecule is CCC(=O)N(Cc1ccc(Cl)c(Cl)c1)[C@H](C)C(=O)N[C@@H](C)CC. The molecule has 0 fully saturated rings. The molecule has 0 aliphatic carbocycles. The standard InChI is InChI=1S/C17H24Cl2N2O2/c1-5-11(3)20-17(23)12(4)21(16(22)6-2)10-13-7-8-14(18)15(19)9-13/h7-9,11-12H,5-6,10H2,1-4H3,(H,20,23)/t11-,12+/m0/s1. The van der Waals surface area contributed by atoms with Crippen molar-refractivity contribution in [1.29, 1.82) is 0 Å². The van der Waals surface area contributed by atoms with E-state index in [1.54, 1.807) is 30.9 Å².